The summed E-state index contributed by atoms with van der Waals surface area (Å²) in [6, 6.07) is 0. The Kier molecular flexibility index (Phi) is 1.19. The standard InChI is InChI=1S/C5H5N5O/c6-11-5-4-9-8-3-10(4)2-1-7-5/h1-3H,6H2. The molecule has 0 fully saturated rings. The molecule has 0 atom stereocenters. The lowest BCUT2D eigenvalue weighted by atomic mass is 10.6. The lowest BCUT2D eigenvalue weighted by molar-refractivity contribution is 0.323. The van der Waals surface area contributed by atoms with E-state index >= 15 is 0 Å². The van der Waals surface area contributed by atoms with E-state index in [2.05, 4.69) is 20.0 Å². The maximum atomic E-state index is 4.93. The number of nitrogens with two attached hydrogens (primary N) is 1. The van der Waals surface area contributed by atoms with Crippen LogP contribution >= 0.6 is 0 Å². The highest BCUT2D eigenvalue weighted by atomic mass is 16.6. The fourth-order valence-electron chi connectivity index (χ4n) is 0.818. The van der Waals surface area contributed by atoms with Crippen LogP contribution in [-0.2, 0) is 0 Å². The van der Waals surface area contributed by atoms with E-state index in [9.17, 15) is 0 Å². The molecule has 0 unspecified atom stereocenters. The second-order valence-electron chi connectivity index (χ2n) is 1.91. The first-order chi connectivity index (χ1) is 5.42. The molecule has 2 aromatic rings. The Morgan fingerprint density at radius 1 is 1.55 bits per heavy atom. The van der Waals surface area contributed by atoms with Gasteiger partial charge >= 0.3 is 0 Å². The Hall–Kier alpha value is -1.69. The Labute approximate surface area is 61.6 Å². The minimum Gasteiger partial charge on any atom is -0.387 e. The van der Waals surface area contributed by atoms with Crippen LogP contribution in [-0.4, -0.2) is 19.6 Å². The van der Waals surface area contributed by atoms with Gasteiger partial charge in [0.05, 0.1) is 0 Å². The molecule has 2 rings (SSSR count). The van der Waals surface area contributed by atoms with Crippen molar-refractivity contribution in [2.24, 2.45) is 5.90 Å². The molecule has 0 bridgehead atoms. The van der Waals surface area contributed by atoms with Crippen molar-refractivity contribution in [3.63, 3.8) is 0 Å². The number of fused-ring (bicyclic) bond motifs is 1. The highest BCUT2D eigenvalue weighted by molar-refractivity contribution is 5.46. The van der Waals surface area contributed by atoms with Crippen LogP contribution in [0.5, 0.6) is 5.88 Å². The summed E-state index contributed by atoms with van der Waals surface area (Å²) in [7, 11) is 0. The molecule has 2 heterocycles. The van der Waals surface area contributed by atoms with Crippen LogP contribution in [0.1, 0.15) is 0 Å². The summed E-state index contributed by atoms with van der Waals surface area (Å²) in [4.78, 5) is 8.28. The zero-order valence-electron chi connectivity index (χ0n) is 5.51. The number of hydrogen-bond acceptors (Lipinski definition) is 5. The third-order valence-electron chi connectivity index (χ3n) is 1.30. The van der Waals surface area contributed by atoms with Gasteiger partial charge in [-0.25, -0.2) is 4.98 Å². The molecule has 0 aromatic carbocycles. The molecule has 0 aliphatic heterocycles. The molecule has 0 saturated heterocycles. The van der Waals surface area contributed by atoms with E-state index in [1.165, 1.54) is 0 Å². The number of nitrogens with zero attached hydrogens (tertiary/aromatic N) is 4. The second kappa shape index (κ2) is 2.17. The van der Waals surface area contributed by atoms with Gasteiger partial charge in [0.15, 0.2) is 0 Å². The van der Waals surface area contributed by atoms with Crippen LogP contribution in [0.3, 0.4) is 0 Å². The van der Waals surface area contributed by atoms with E-state index in [4.69, 9.17) is 5.90 Å². The Bertz CT molecular complexity index is 370. The second-order valence-corrected chi connectivity index (χ2v) is 1.91. The van der Waals surface area contributed by atoms with Crippen LogP contribution in [0.25, 0.3) is 5.65 Å². The minimum absolute atomic E-state index is 0.269. The first-order valence-electron chi connectivity index (χ1n) is 2.93. The summed E-state index contributed by atoms with van der Waals surface area (Å²) in [5, 5.41) is 7.38. The Morgan fingerprint density at radius 2 is 2.45 bits per heavy atom. The average Bonchev–Trinajstić information content (AvgIpc) is 2.50. The lowest BCUT2D eigenvalue weighted by Gasteiger charge is -1.96. The van der Waals surface area contributed by atoms with Gasteiger partial charge in [0.25, 0.3) is 5.88 Å². The van der Waals surface area contributed by atoms with E-state index in [1.54, 1.807) is 23.1 Å². The largest absolute Gasteiger partial charge is 0.387 e. The van der Waals surface area contributed by atoms with Gasteiger partial charge in [0, 0.05) is 12.4 Å². The molecule has 0 saturated carbocycles. The molecule has 6 nitrogen and oxygen atoms in total. The highest BCUT2D eigenvalue weighted by Gasteiger charge is 2.02. The maximum absolute atomic E-state index is 4.93. The van der Waals surface area contributed by atoms with Crippen LogP contribution in [0.15, 0.2) is 18.7 Å². The molecule has 2 aromatic heterocycles. The van der Waals surface area contributed by atoms with Crippen molar-refractivity contribution in [3.8, 4) is 5.88 Å². The smallest absolute Gasteiger partial charge is 0.283 e. The maximum Gasteiger partial charge on any atom is 0.283 e. The highest BCUT2D eigenvalue weighted by Crippen LogP contribution is 2.09. The van der Waals surface area contributed by atoms with Crippen molar-refractivity contribution in [1.82, 2.24) is 19.6 Å². The molecular weight excluding hydrogens is 146 g/mol. The van der Waals surface area contributed by atoms with Crippen LogP contribution in [0.2, 0.25) is 0 Å². The van der Waals surface area contributed by atoms with Crippen LogP contribution in [0, 0.1) is 0 Å². The van der Waals surface area contributed by atoms with Crippen molar-refractivity contribution in [3.05, 3.63) is 18.7 Å². The normalized spacial score (nSPS) is 10.3. The van der Waals surface area contributed by atoms with Crippen molar-refractivity contribution >= 4 is 5.65 Å². The van der Waals surface area contributed by atoms with Crippen molar-refractivity contribution in [2.45, 2.75) is 0 Å². The molecule has 56 valence electrons. The summed E-state index contributed by atoms with van der Waals surface area (Å²) in [6.45, 7) is 0. The summed E-state index contributed by atoms with van der Waals surface area (Å²) in [6.07, 6.45) is 4.80. The predicted molar refractivity (Wildman–Crippen MR) is 35.6 cm³/mol. The topological polar surface area (TPSA) is 78.3 Å². The van der Waals surface area contributed by atoms with Crippen molar-refractivity contribution in [2.75, 3.05) is 0 Å². The van der Waals surface area contributed by atoms with Crippen LogP contribution < -0.4 is 10.7 Å². The third kappa shape index (κ3) is 0.802. The zero-order chi connectivity index (χ0) is 7.68. The van der Waals surface area contributed by atoms with Crippen molar-refractivity contribution in [1.29, 1.82) is 0 Å². The first-order valence-corrected chi connectivity index (χ1v) is 2.93. The molecule has 2 N–H and O–H groups in total. The van der Waals surface area contributed by atoms with E-state index < -0.39 is 0 Å². The van der Waals surface area contributed by atoms with Gasteiger partial charge in [0.2, 0.25) is 5.65 Å². The van der Waals surface area contributed by atoms with Crippen molar-refractivity contribution < 1.29 is 4.84 Å². The quantitative estimate of drug-likeness (QED) is 0.549. The van der Waals surface area contributed by atoms with Gasteiger partial charge < -0.3 is 4.84 Å². The molecule has 0 aliphatic rings. The summed E-state index contributed by atoms with van der Waals surface area (Å²) in [5.74, 6) is 5.20. The minimum atomic E-state index is 0.269. The summed E-state index contributed by atoms with van der Waals surface area (Å²) >= 11 is 0. The van der Waals surface area contributed by atoms with Gasteiger partial charge in [0.1, 0.15) is 6.33 Å². The van der Waals surface area contributed by atoms with E-state index in [1.807, 2.05) is 0 Å². The van der Waals surface area contributed by atoms with Gasteiger partial charge in [-0.1, -0.05) is 0 Å². The van der Waals surface area contributed by atoms with E-state index in [0.717, 1.165) is 0 Å². The number of rotatable bonds is 1. The predicted octanol–water partition coefficient (Wildman–Crippen LogP) is -0.623. The van der Waals surface area contributed by atoms with Gasteiger partial charge in [-0.15, -0.1) is 10.2 Å². The molecule has 6 heteroatoms. The van der Waals surface area contributed by atoms with Gasteiger partial charge in [-0.2, -0.15) is 5.90 Å². The molecular formula is C5H5N5O. The third-order valence-corrected chi connectivity index (χ3v) is 1.30. The number of hydrogen-bond donors (Lipinski definition) is 1. The molecule has 11 heavy (non-hydrogen) atoms. The SMILES string of the molecule is NOc1nccn2cnnc12. The number of aromatic nitrogens is 4. The first kappa shape index (κ1) is 6.05. The molecule has 0 aliphatic carbocycles. The Morgan fingerprint density at radius 3 is 3.27 bits per heavy atom. The van der Waals surface area contributed by atoms with E-state index in [0.29, 0.717) is 5.65 Å². The zero-order valence-corrected chi connectivity index (χ0v) is 5.51. The molecule has 0 spiro atoms. The molecule has 0 amide bonds. The summed E-state index contributed by atoms with van der Waals surface area (Å²) in [5.41, 5.74) is 0.509. The summed E-state index contributed by atoms with van der Waals surface area (Å²) < 4.78 is 1.66. The molecule has 0 radical (unpaired) electrons. The average molecular weight is 151 g/mol. The fraction of sp³-hybridized carbons (Fsp3) is 0. The van der Waals surface area contributed by atoms with Crippen LogP contribution in [0.4, 0.5) is 0 Å². The van der Waals surface area contributed by atoms with Gasteiger partial charge in [-0.3, -0.25) is 4.40 Å². The lowest BCUT2D eigenvalue weighted by Crippen LogP contribution is -2.05. The van der Waals surface area contributed by atoms with E-state index in [-0.39, 0.29) is 5.88 Å². The Balaban J connectivity index is 2.79. The van der Waals surface area contributed by atoms with Gasteiger partial charge in [-0.05, 0) is 0 Å². The fourth-order valence-corrected chi connectivity index (χ4v) is 0.818. The monoisotopic (exact) mass is 151 g/mol.